The predicted molar refractivity (Wildman–Crippen MR) is 57.2 cm³/mol. The lowest BCUT2D eigenvalue weighted by Crippen LogP contribution is -2.52. The van der Waals surface area contributed by atoms with Crippen molar-refractivity contribution in [2.45, 2.75) is 43.5 Å². The van der Waals surface area contributed by atoms with Gasteiger partial charge in [-0.05, 0) is 39.2 Å². The van der Waals surface area contributed by atoms with E-state index in [1.54, 1.807) is 0 Å². The van der Waals surface area contributed by atoms with Gasteiger partial charge in [0.1, 0.15) is 0 Å². The molecule has 2 heterocycles. The van der Waals surface area contributed by atoms with Crippen LogP contribution in [0.3, 0.4) is 0 Å². The highest BCUT2D eigenvalue weighted by Gasteiger charge is 2.43. The molecule has 1 spiro atoms. The van der Waals surface area contributed by atoms with Crippen molar-refractivity contribution >= 4 is 12.6 Å². The molecular weight excluding hydrogens is 182 g/mol. The maximum atomic E-state index is 5.61. The number of hydrogen-bond acceptors (Lipinski definition) is 3. The maximum absolute atomic E-state index is 5.61. The van der Waals surface area contributed by atoms with Crippen molar-refractivity contribution in [2.75, 3.05) is 19.8 Å². The number of likely N-dealkylation sites (tertiary alicyclic amines) is 1. The second-order valence-corrected chi connectivity index (χ2v) is 5.06. The van der Waals surface area contributed by atoms with Crippen molar-refractivity contribution in [3.8, 4) is 0 Å². The Morgan fingerprint density at radius 2 is 2.15 bits per heavy atom. The van der Waals surface area contributed by atoms with Crippen molar-refractivity contribution < 1.29 is 4.74 Å². The summed E-state index contributed by atoms with van der Waals surface area (Å²) in [6, 6.07) is 0. The third-order valence-electron chi connectivity index (χ3n) is 3.40. The fourth-order valence-electron chi connectivity index (χ4n) is 2.80. The van der Waals surface area contributed by atoms with Gasteiger partial charge in [-0.15, -0.1) is 0 Å². The normalized spacial score (nSPS) is 38.3. The summed E-state index contributed by atoms with van der Waals surface area (Å²) in [5.74, 6) is 0. The van der Waals surface area contributed by atoms with Crippen LogP contribution in [-0.4, -0.2) is 35.6 Å². The van der Waals surface area contributed by atoms with Crippen LogP contribution in [0.4, 0.5) is 0 Å². The first-order valence-corrected chi connectivity index (χ1v) is 5.79. The fraction of sp³-hybridized carbons (Fsp3) is 1.00. The van der Waals surface area contributed by atoms with E-state index in [1.807, 2.05) is 0 Å². The molecule has 2 aliphatic heterocycles. The summed E-state index contributed by atoms with van der Waals surface area (Å²) in [5, 5.41) is 0.379. The lowest BCUT2D eigenvalue weighted by atomic mass is 9.89. The summed E-state index contributed by atoms with van der Waals surface area (Å²) in [7, 11) is 0. The smallest absolute Gasteiger partial charge is 0.0650 e. The first-order valence-electron chi connectivity index (χ1n) is 5.27. The standard InChI is InChI=1S/C10H19NOS/c1-9(13)11-6-2-4-10(11)5-3-7-12-8-10/h9,13H,2-8H2,1H3. The van der Waals surface area contributed by atoms with E-state index in [0.717, 1.165) is 13.2 Å². The van der Waals surface area contributed by atoms with Crippen molar-refractivity contribution in [3.05, 3.63) is 0 Å². The third kappa shape index (κ3) is 1.74. The zero-order valence-electron chi connectivity index (χ0n) is 8.33. The monoisotopic (exact) mass is 201 g/mol. The average Bonchev–Trinajstić information content (AvgIpc) is 2.50. The molecule has 0 radical (unpaired) electrons. The van der Waals surface area contributed by atoms with Crippen LogP contribution in [0.5, 0.6) is 0 Å². The zero-order chi connectivity index (χ0) is 9.31. The molecule has 2 aliphatic rings. The molecule has 2 atom stereocenters. The van der Waals surface area contributed by atoms with E-state index in [-0.39, 0.29) is 0 Å². The van der Waals surface area contributed by atoms with Gasteiger partial charge in [0.2, 0.25) is 0 Å². The largest absolute Gasteiger partial charge is 0.380 e. The lowest BCUT2D eigenvalue weighted by molar-refractivity contribution is -0.0313. The van der Waals surface area contributed by atoms with Gasteiger partial charge in [0.15, 0.2) is 0 Å². The van der Waals surface area contributed by atoms with Crippen molar-refractivity contribution in [1.82, 2.24) is 4.90 Å². The fourth-order valence-corrected chi connectivity index (χ4v) is 3.16. The Morgan fingerprint density at radius 1 is 1.38 bits per heavy atom. The number of ether oxygens (including phenoxy) is 1. The van der Waals surface area contributed by atoms with Gasteiger partial charge in [0.25, 0.3) is 0 Å². The molecule has 2 unspecified atom stereocenters. The first kappa shape index (κ1) is 9.81. The third-order valence-corrected chi connectivity index (χ3v) is 3.68. The van der Waals surface area contributed by atoms with E-state index >= 15 is 0 Å². The Hall–Kier alpha value is 0.270. The molecule has 0 aromatic heterocycles. The average molecular weight is 201 g/mol. The molecule has 0 aromatic rings. The Morgan fingerprint density at radius 3 is 2.77 bits per heavy atom. The Labute approximate surface area is 86.0 Å². The summed E-state index contributed by atoms with van der Waals surface area (Å²) in [6.07, 6.45) is 5.14. The van der Waals surface area contributed by atoms with Crippen LogP contribution in [0.15, 0.2) is 0 Å². The van der Waals surface area contributed by atoms with E-state index < -0.39 is 0 Å². The van der Waals surface area contributed by atoms with Crippen LogP contribution in [-0.2, 0) is 4.74 Å². The second kappa shape index (κ2) is 3.79. The Kier molecular flexibility index (Phi) is 2.86. The number of hydrogen-bond donors (Lipinski definition) is 1. The van der Waals surface area contributed by atoms with Crippen LogP contribution >= 0.6 is 12.6 Å². The molecular formula is C10H19NOS. The van der Waals surface area contributed by atoms with Crippen LogP contribution < -0.4 is 0 Å². The Balaban J connectivity index is 2.09. The van der Waals surface area contributed by atoms with E-state index in [9.17, 15) is 0 Å². The highest BCUT2D eigenvalue weighted by atomic mass is 32.1. The SMILES string of the molecule is CC(S)N1CCCC12CCCOC2. The van der Waals surface area contributed by atoms with Crippen LogP contribution in [0.2, 0.25) is 0 Å². The Bertz CT molecular complexity index is 178. The molecule has 0 amide bonds. The van der Waals surface area contributed by atoms with Crippen LogP contribution in [0.1, 0.15) is 32.6 Å². The van der Waals surface area contributed by atoms with Gasteiger partial charge in [-0.2, -0.15) is 12.6 Å². The molecule has 0 N–H and O–H groups in total. The summed E-state index contributed by atoms with van der Waals surface area (Å²) in [4.78, 5) is 2.52. The van der Waals surface area contributed by atoms with Gasteiger partial charge in [0, 0.05) is 12.1 Å². The molecule has 2 fully saturated rings. The zero-order valence-corrected chi connectivity index (χ0v) is 9.22. The lowest BCUT2D eigenvalue weighted by Gasteiger charge is -2.43. The topological polar surface area (TPSA) is 12.5 Å². The molecule has 13 heavy (non-hydrogen) atoms. The van der Waals surface area contributed by atoms with E-state index in [0.29, 0.717) is 10.9 Å². The molecule has 2 nitrogen and oxygen atoms in total. The van der Waals surface area contributed by atoms with Gasteiger partial charge in [-0.1, -0.05) is 0 Å². The predicted octanol–water partition coefficient (Wildman–Crippen LogP) is 1.91. The van der Waals surface area contributed by atoms with Crippen molar-refractivity contribution in [3.63, 3.8) is 0 Å². The van der Waals surface area contributed by atoms with Crippen molar-refractivity contribution in [2.24, 2.45) is 0 Å². The van der Waals surface area contributed by atoms with Gasteiger partial charge in [-0.25, -0.2) is 0 Å². The quantitative estimate of drug-likeness (QED) is 0.651. The minimum Gasteiger partial charge on any atom is -0.380 e. The molecule has 2 rings (SSSR count). The molecule has 0 saturated carbocycles. The molecule has 0 aromatic carbocycles. The molecule has 3 heteroatoms. The van der Waals surface area contributed by atoms with Gasteiger partial charge < -0.3 is 4.74 Å². The first-order chi connectivity index (χ1) is 6.25. The molecule has 0 bridgehead atoms. The summed E-state index contributed by atoms with van der Waals surface area (Å²) < 4.78 is 5.61. The number of rotatable bonds is 1. The summed E-state index contributed by atoms with van der Waals surface area (Å²) in [5.41, 5.74) is 0.347. The van der Waals surface area contributed by atoms with Gasteiger partial charge in [0.05, 0.1) is 12.0 Å². The van der Waals surface area contributed by atoms with Crippen LogP contribution in [0, 0.1) is 0 Å². The highest BCUT2D eigenvalue weighted by Crippen LogP contribution is 2.38. The van der Waals surface area contributed by atoms with E-state index in [1.165, 1.54) is 32.2 Å². The number of thiol groups is 1. The van der Waals surface area contributed by atoms with Gasteiger partial charge in [-0.3, -0.25) is 4.90 Å². The molecule has 0 aliphatic carbocycles. The summed E-state index contributed by atoms with van der Waals surface area (Å²) >= 11 is 4.55. The van der Waals surface area contributed by atoms with Crippen molar-refractivity contribution in [1.29, 1.82) is 0 Å². The summed E-state index contributed by atoms with van der Waals surface area (Å²) in [6.45, 7) is 5.26. The highest BCUT2D eigenvalue weighted by molar-refractivity contribution is 7.80. The van der Waals surface area contributed by atoms with E-state index in [2.05, 4.69) is 24.5 Å². The second-order valence-electron chi connectivity index (χ2n) is 4.31. The minimum atomic E-state index is 0.347. The van der Waals surface area contributed by atoms with Crippen LogP contribution in [0.25, 0.3) is 0 Å². The minimum absolute atomic E-state index is 0.347. The molecule has 76 valence electrons. The number of nitrogens with zero attached hydrogens (tertiary/aromatic N) is 1. The van der Waals surface area contributed by atoms with E-state index in [4.69, 9.17) is 4.74 Å². The van der Waals surface area contributed by atoms with Gasteiger partial charge >= 0.3 is 0 Å². The maximum Gasteiger partial charge on any atom is 0.0650 e. The molecule has 2 saturated heterocycles.